The fraction of sp³-hybridized carbons (Fsp3) is 0.192. The molecule has 0 fully saturated rings. The van der Waals surface area contributed by atoms with Crippen molar-refractivity contribution in [1.29, 1.82) is 0 Å². The van der Waals surface area contributed by atoms with Gasteiger partial charge in [-0.05, 0) is 43.3 Å². The average molecular weight is 556 g/mol. The summed E-state index contributed by atoms with van der Waals surface area (Å²) in [5.41, 5.74) is 0.692. The van der Waals surface area contributed by atoms with E-state index < -0.39 is 36.1 Å². The quantitative estimate of drug-likeness (QED) is 0.187. The van der Waals surface area contributed by atoms with Crippen LogP contribution in [0.15, 0.2) is 65.3 Å². The molecule has 4 heterocycles. The number of ether oxygens (including phenoxy) is 1. The maximum absolute atomic E-state index is 13.3. The first-order valence-corrected chi connectivity index (χ1v) is 11.9. The first-order chi connectivity index (χ1) is 19.2. The number of rotatable bonds is 9. The van der Waals surface area contributed by atoms with Crippen LogP contribution in [0.1, 0.15) is 57.8 Å². The number of fused-ring (bicyclic) bond motifs is 1. The SMILES string of the molecule is CCOC(=O)c1cnn2c(-c3cccc(NC(=O)c4ccc(Cn5nc(C(F)F)cc5C(F)F)o4)c3)ccnc12. The van der Waals surface area contributed by atoms with Crippen LogP contribution < -0.4 is 5.32 Å². The molecule has 1 N–H and O–H groups in total. The predicted molar refractivity (Wildman–Crippen MR) is 132 cm³/mol. The lowest BCUT2D eigenvalue weighted by Gasteiger charge is -2.08. The zero-order chi connectivity index (χ0) is 28.4. The normalized spacial score (nSPS) is 11.5. The third kappa shape index (κ3) is 5.28. The third-order valence-corrected chi connectivity index (χ3v) is 5.78. The van der Waals surface area contributed by atoms with E-state index in [0.717, 1.165) is 0 Å². The van der Waals surface area contributed by atoms with Crippen molar-refractivity contribution in [1.82, 2.24) is 24.4 Å². The second kappa shape index (κ2) is 11.0. The number of carbonyl (C=O) groups is 2. The summed E-state index contributed by atoms with van der Waals surface area (Å²) in [6.45, 7) is 1.53. The summed E-state index contributed by atoms with van der Waals surface area (Å²) in [5, 5.41) is 10.5. The summed E-state index contributed by atoms with van der Waals surface area (Å²) in [6.07, 6.45) is -3.14. The minimum atomic E-state index is -3.02. The summed E-state index contributed by atoms with van der Waals surface area (Å²) in [4.78, 5) is 29.3. The summed E-state index contributed by atoms with van der Waals surface area (Å²) in [7, 11) is 0. The number of benzene rings is 1. The summed E-state index contributed by atoms with van der Waals surface area (Å²) in [6, 6.07) is 11.8. The molecule has 0 aliphatic carbocycles. The van der Waals surface area contributed by atoms with Crippen molar-refractivity contribution in [2.45, 2.75) is 26.3 Å². The number of esters is 1. The van der Waals surface area contributed by atoms with Crippen molar-refractivity contribution >= 4 is 23.2 Å². The first kappa shape index (κ1) is 26.6. The molecular weight excluding hydrogens is 536 g/mol. The maximum atomic E-state index is 13.3. The van der Waals surface area contributed by atoms with E-state index in [1.807, 2.05) is 0 Å². The molecule has 0 radical (unpaired) electrons. The van der Waals surface area contributed by atoms with Gasteiger partial charge in [0.05, 0.1) is 25.0 Å². The van der Waals surface area contributed by atoms with Crippen molar-refractivity contribution in [3.63, 3.8) is 0 Å². The van der Waals surface area contributed by atoms with Crippen LogP contribution in [0.3, 0.4) is 0 Å². The van der Waals surface area contributed by atoms with Crippen molar-refractivity contribution in [2.24, 2.45) is 0 Å². The molecule has 5 aromatic rings. The van der Waals surface area contributed by atoms with Gasteiger partial charge in [0.15, 0.2) is 11.4 Å². The van der Waals surface area contributed by atoms with Gasteiger partial charge >= 0.3 is 5.97 Å². The van der Waals surface area contributed by atoms with Gasteiger partial charge in [0.2, 0.25) is 0 Å². The molecule has 206 valence electrons. The smallest absolute Gasteiger partial charge is 0.343 e. The minimum Gasteiger partial charge on any atom is -0.462 e. The van der Waals surface area contributed by atoms with E-state index >= 15 is 0 Å². The topological polar surface area (TPSA) is 117 Å². The molecule has 1 aromatic carbocycles. The Kier molecular flexibility index (Phi) is 7.31. The van der Waals surface area contributed by atoms with Crippen LogP contribution in [-0.2, 0) is 11.3 Å². The number of halogens is 4. The number of anilines is 1. The van der Waals surface area contributed by atoms with Crippen LogP contribution in [-0.4, -0.2) is 42.9 Å². The number of carbonyl (C=O) groups excluding carboxylic acids is 2. The van der Waals surface area contributed by atoms with Gasteiger partial charge in [-0.3, -0.25) is 9.48 Å². The van der Waals surface area contributed by atoms with Crippen LogP contribution in [0.25, 0.3) is 16.9 Å². The van der Waals surface area contributed by atoms with Crippen LogP contribution in [0.4, 0.5) is 23.2 Å². The Morgan fingerprint density at radius 3 is 2.65 bits per heavy atom. The lowest BCUT2D eigenvalue weighted by Crippen LogP contribution is -2.11. The molecule has 1 amide bonds. The monoisotopic (exact) mass is 556 g/mol. The van der Waals surface area contributed by atoms with Gasteiger partial charge in [-0.15, -0.1) is 0 Å². The van der Waals surface area contributed by atoms with Gasteiger partial charge in [0.25, 0.3) is 18.8 Å². The van der Waals surface area contributed by atoms with Gasteiger partial charge in [-0.25, -0.2) is 31.9 Å². The van der Waals surface area contributed by atoms with Crippen molar-refractivity contribution in [3.8, 4) is 11.3 Å². The molecule has 0 saturated heterocycles. The van der Waals surface area contributed by atoms with Crippen LogP contribution in [0.2, 0.25) is 0 Å². The standard InChI is InChI=1S/C26H20F4N6O4/c1-2-39-26(38)17-12-32-36-19(8-9-31-24(17)36)14-4-3-5-15(10-14)33-25(37)21-7-6-16(40-21)13-35-20(23(29)30)11-18(34-35)22(27)28/h3-12,22-23H,2,13H2,1H3,(H,33,37). The molecule has 0 aliphatic heterocycles. The Hall–Kier alpha value is -5.01. The highest BCUT2D eigenvalue weighted by Gasteiger charge is 2.23. The largest absolute Gasteiger partial charge is 0.462 e. The number of nitrogens with zero attached hydrogens (tertiary/aromatic N) is 5. The molecule has 0 bridgehead atoms. The van der Waals surface area contributed by atoms with Crippen LogP contribution in [0, 0.1) is 0 Å². The molecule has 40 heavy (non-hydrogen) atoms. The number of hydrogen-bond donors (Lipinski definition) is 1. The Bertz CT molecular complexity index is 1690. The Morgan fingerprint density at radius 1 is 1.07 bits per heavy atom. The molecule has 4 aromatic heterocycles. The lowest BCUT2D eigenvalue weighted by molar-refractivity contribution is 0.0528. The summed E-state index contributed by atoms with van der Waals surface area (Å²) < 4.78 is 65.1. The number of amides is 1. The van der Waals surface area contributed by atoms with E-state index in [0.29, 0.717) is 33.3 Å². The van der Waals surface area contributed by atoms with Gasteiger partial charge in [0, 0.05) is 17.4 Å². The highest BCUT2D eigenvalue weighted by Crippen LogP contribution is 2.27. The second-order valence-electron chi connectivity index (χ2n) is 8.40. The number of alkyl halides is 4. The Morgan fingerprint density at radius 2 is 1.90 bits per heavy atom. The first-order valence-electron chi connectivity index (χ1n) is 11.9. The second-order valence-corrected chi connectivity index (χ2v) is 8.40. The van der Waals surface area contributed by atoms with Gasteiger partial charge < -0.3 is 14.5 Å². The average Bonchev–Trinajstić information content (AvgIpc) is 3.67. The molecular formula is C26H20F4N6O4. The minimum absolute atomic E-state index is 0.0694. The molecule has 5 rings (SSSR count). The van der Waals surface area contributed by atoms with E-state index in [9.17, 15) is 27.2 Å². The maximum Gasteiger partial charge on any atom is 0.343 e. The van der Waals surface area contributed by atoms with Gasteiger partial charge in [-0.1, -0.05) is 12.1 Å². The van der Waals surface area contributed by atoms with Gasteiger partial charge in [0.1, 0.15) is 22.7 Å². The predicted octanol–water partition coefficient (Wildman–Crippen LogP) is 5.54. The van der Waals surface area contributed by atoms with Crippen LogP contribution >= 0.6 is 0 Å². The van der Waals surface area contributed by atoms with Crippen molar-refractivity contribution < 1.29 is 36.3 Å². The number of furan rings is 1. The third-order valence-electron chi connectivity index (χ3n) is 5.78. The van der Waals surface area contributed by atoms with E-state index in [4.69, 9.17) is 9.15 Å². The lowest BCUT2D eigenvalue weighted by atomic mass is 10.1. The fourth-order valence-corrected chi connectivity index (χ4v) is 4.01. The zero-order valence-electron chi connectivity index (χ0n) is 20.7. The van der Waals surface area contributed by atoms with E-state index in [-0.39, 0.29) is 30.2 Å². The Labute approximate surface area is 223 Å². The number of nitrogens with one attached hydrogen (secondary N) is 1. The van der Waals surface area contributed by atoms with E-state index in [1.54, 1.807) is 37.3 Å². The van der Waals surface area contributed by atoms with Crippen molar-refractivity contribution in [3.05, 3.63) is 89.4 Å². The molecule has 14 heteroatoms. The van der Waals surface area contributed by atoms with E-state index in [2.05, 4.69) is 20.5 Å². The van der Waals surface area contributed by atoms with E-state index in [1.165, 1.54) is 29.0 Å². The molecule has 0 atom stereocenters. The zero-order valence-corrected chi connectivity index (χ0v) is 20.7. The number of aromatic nitrogens is 5. The molecule has 10 nitrogen and oxygen atoms in total. The van der Waals surface area contributed by atoms with Gasteiger partial charge in [-0.2, -0.15) is 10.2 Å². The summed E-state index contributed by atoms with van der Waals surface area (Å²) in [5.74, 6) is -1.24. The molecule has 0 saturated carbocycles. The fourth-order valence-electron chi connectivity index (χ4n) is 4.01. The van der Waals surface area contributed by atoms with Crippen LogP contribution in [0.5, 0.6) is 0 Å². The highest BCUT2D eigenvalue weighted by molar-refractivity contribution is 6.02. The summed E-state index contributed by atoms with van der Waals surface area (Å²) >= 11 is 0. The molecule has 0 aliphatic rings. The molecule has 0 spiro atoms. The molecule has 0 unspecified atom stereocenters. The Balaban J connectivity index is 1.34. The highest BCUT2D eigenvalue weighted by atomic mass is 19.3. The number of hydrogen-bond acceptors (Lipinski definition) is 7. The van der Waals surface area contributed by atoms with Crippen molar-refractivity contribution in [2.75, 3.05) is 11.9 Å².